The first-order valence-electron chi connectivity index (χ1n) is 9.94. The third-order valence-corrected chi connectivity index (χ3v) is 5.22. The van der Waals surface area contributed by atoms with Gasteiger partial charge < -0.3 is 19.7 Å². The summed E-state index contributed by atoms with van der Waals surface area (Å²) in [6.07, 6.45) is 4.41. The second-order valence-electron chi connectivity index (χ2n) is 7.07. The zero-order valence-electron chi connectivity index (χ0n) is 16.3. The van der Waals surface area contributed by atoms with Gasteiger partial charge in [-0.15, -0.1) is 24.0 Å². The SMILES string of the molecule is CCNC(=NCc1cccc2cccnc12)N1CCOC(C2CCCO2)C1.I. The quantitative estimate of drug-likeness (QED) is 0.401. The summed E-state index contributed by atoms with van der Waals surface area (Å²) in [4.78, 5) is 11.8. The fraction of sp³-hybridized carbons (Fsp3) is 0.524. The minimum atomic E-state index is 0. The van der Waals surface area contributed by atoms with Crippen LogP contribution in [-0.2, 0) is 16.0 Å². The average Bonchev–Trinajstić information content (AvgIpc) is 3.26. The van der Waals surface area contributed by atoms with Crippen LogP contribution in [0, 0.1) is 0 Å². The molecule has 2 saturated heterocycles. The molecule has 2 atom stereocenters. The highest BCUT2D eigenvalue weighted by molar-refractivity contribution is 14.0. The number of halogens is 1. The van der Waals surface area contributed by atoms with E-state index < -0.39 is 0 Å². The first-order valence-corrected chi connectivity index (χ1v) is 9.94. The first kappa shape index (κ1) is 21.3. The van der Waals surface area contributed by atoms with Crippen molar-refractivity contribution < 1.29 is 9.47 Å². The largest absolute Gasteiger partial charge is 0.375 e. The molecule has 0 bridgehead atoms. The summed E-state index contributed by atoms with van der Waals surface area (Å²) in [7, 11) is 0. The van der Waals surface area contributed by atoms with Gasteiger partial charge in [0.2, 0.25) is 0 Å². The van der Waals surface area contributed by atoms with Gasteiger partial charge in [0.05, 0.1) is 24.8 Å². The Balaban J connectivity index is 0.00000225. The van der Waals surface area contributed by atoms with E-state index in [2.05, 4.69) is 46.4 Å². The van der Waals surface area contributed by atoms with E-state index in [1.807, 2.05) is 12.3 Å². The molecule has 7 heteroatoms. The van der Waals surface area contributed by atoms with E-state index in [0.717, 1.165) is 61.5 Å². The molecule has 1 N–H and O–H groups in total. The lowest BCUT2D eigenvalue weighted by Crippen LogP contribution is -2.53. The molecule has 4 rings (SSSR count). The standard InChI is InChI=1S/C21H28N4O2.HI/c1-2-22-21(25-11-13-27-19(15-25)18-9-5-12-26-18)24-14-17-7-3-6-16-8-4-10-23-20(16)17;/h3-4,6-8,10,18-19H,2,5,9,11-15H2,1H3,(H,22,24);1H. The fourth-order valence-electron chi connectivity index (χ4n) is 3.87. The Kier molecular flexibility index (Phi) is 7.87. The minimum Gasteiger partial charge on any atom is -0.375 e. The smallest absolute Gasteiger partial charge is 0.194 e. The van der Waals surface area contributed by atoms with Crippen LogP contribution in [0.15, 0.2) is 41.5 Å². The molecule has 28 heavy (non-hydrogen) atoms. The lowest BCUT2D eigenvalue weighted by atomic mass is 10.1. The van der Waals surface area contributed by atoms with Gasteiger partial charge in [-0.25, -0.2) is 4.99 Å². The van der Waals surface area contributed by atoms with Crippen molar-refractivity contribution >= 4 is 40.8 Å². The summed E-state index contributed by atoms with van der Waals surface area (Å²) in [5, 5.41) is 4.59. The third kappa shape index (κ3) is 4.93. The number of pyridine rings is 1. The van der Waals surface area contributed by atoms with Crippen molar-refractivity contribution in [3.63, 3.8) is 0 Å². The molecule has 2 unspecified atom stereocenters. The second-order valence-corrected chi connectivity index (χ2v) is 7.07. The van der Waals surface area contributed by atoms with Gasteiger partial charge in [-0.3, -0.25) is 4.98 Å². The predicted octanol–water partition coefficient (Wildman–Crippen LogP) is 3.20. The van der Waals surface area contributed by atoms with Crippen molar-refractivity contribution in [1.82, 2.24) is 15.2 Å². The number of ether oxygens (including phenoxy) is 2. The number of aromatic nitrogens is 1. The average molecular weight is 496 g/mol. The molecule has 0 amide bonds. The van der Waals surface area contributed by atoms with Gasteiger partial charge in [-0.2, -0.15) is 0 Å². The molecule has 152 valence electrons. The maximum Gasteiger partial charge on any atom is 0.194 e. The molecule has 2 fully saturated rings. The van der Waals surface area contributed by atoms with E-state index in [4.69, 9.17) is 14.5 Å². The molecule has 6 nitrogen and oxygen atoms in total. The Labute approximate surface area is 183 Å². The Hall–Kier alpha value is -1.45. The number of benzene rings is 1. The van der Waals surface area contributed by atoms with E-state index in [0.29, 0.717) is 13.2 Å². The van der Waals surface area contributed by atoms with Crippen molar-refractivity contribution in [2.45, 2.75) is 38.5 Å². The number of nitrogens with zero attached hydrogens (tertiary/aromatic N) is 3. The number of nitrogens with one attached hydrogen (secondary N) is 1. The molecule has 0 saturated carbocycles. The summed E-state index contributed by atoms with van der Waals surface area (Å²) in [6.45, 7) is 6.80. The van der Waals surface area contributed by atoms with Gasteiger partial charge in [0.1, 0.15) is 6.10 Å². The number of morpholine rings is 1. The van der Waals surface area contributed by atoms with Crippen molar-refractivity contribution in [3.8, 4) is 0 Å². The van der Waals surface area contributed by atoms with Crippen LogP contribution in [0.1, 0.15) is 25.3 Å². The number of hydrogen-bond donors (Lipinski definition) is 1. The van der Waals surface area contributed by atoms with Crippen LogP contribution in [0.5, 0.6) is 0 Å². The summed E-state index contributed by atoms with van der Waals surface area (Å²) in [6, 6.07) is 10.3. The number of para-hydroxylation sites is 1. The molecule has 2 aliphatic heterocycles. The Morgan fingerprint density at radius 3 is 2.89 bits per heavy atom. The normalized spacial score (nSPS) is 22.9. The third-order valence-electron chi connectivity index (χ3n) is 5.22. The summed E-state index contributed by atoms with van der Waals surface area (Å²) in [5.41, 5.74) is 2.17. The predicted molar refractivity (Wildman–Crippen MR) is 122 cm³/mol. The molecular formula is C21H29IN4O2. The van der Waals surface area contributed by atoms with Crippen LogP contribution in [0.25, 0.3) is 10.9 Å². The van der Waals surface area contributed by atoms with Gasteiger partial charge >= 0.3 is 0 Å². The number of rotatable bonds is 4. The van der Waals surface area contributed by atoms with Crippen molar-refractivity contribution in [2.75, 3.05) is 32.8 Å². The first-order chi connectivity index (χ1) is 13.3. The van der Waals surface area contributed by atoms with Crippen molar-refractivity contribution in [2.24, 2.45) is 4.99 Å². The molecule has 0 aliphatic carbocycles. The second kappa shape index (κ2) is 10.4. The van der Waals surface area contributed by atoms with Crippen LogP contribution in [0.2, 0.25) is 0 Å². The highest BCUT2D eigenvalue weighted by Gasteiger charge is 2.32. The number of fused-ring (bicyclic) bond motifs is 1. The molecular weight excluding hydrogens is 467 g/mol. The van der Waals surface area contributed by atoms with Crippen LogP contribution in [-0.4, -0.2) is 60.9 Å². The number of aliphatic imine (C=N–C) groups is 1. The van der Waals surface area contributed by atoms with Crippen molar-refractivity contribution in [3.05, 3.63) is 42.1 Å². The van der Waals surface area contributed by atoms with Crippen LogP contribution >= 0.6 is 24.0 Å². The highest BCUT2D eigenvalue weighted by atomic mass is 127. The highest BCUT2D eigenvalue weighted by Crippen LogP contribution is 2.21. The van der Waals surface area contributed by atoms with E-state index in [1.165, 1.54) is 0 Å². The van der Waals surface area contributed by atoms with Crippen molar-refractivity contribution in [1.29, 1.82) is 0 Å². The maximum atomic E-state index is 5.98. The summed E-state index contributed by atoms with van der Waals surface area (Å²) >= 11 is 0. The topological polar surface area (TPSA) is 59.0 Å². The van der Waals surface area contributed by atoms with Gasteiger partial charge in [0.25, 0.3) is 0 Å². The van der Waals surface area contributed by atoms with E-state index in [9.17, 15) is 0 Å². The lowest BCUT2D eigenvalue weighted by molar-refractivity contribution is -0.0817. The van der Waals surface area contributed by atoms with E-state index >= 15 is 0 Å². The molecule has 1 aromatic carbocycles. The Morgan fingerprint density at radius 1 is 1.21 bits per heavy atom. The maximum absolute atomic E-state index is 5.98. The molecule has 0 radical (unpaired) electrons. The molecule has 0 spiro atoms. The minimum absolute atomic E-state index is 0. The number of hydrogen-bond acceptors (Lipinski definition) is 4. The van der Waals surface area contributed by atoms with E-state index in [-0.39, 0.29) is 36.2 Å². The molecule has 1 aromatic heterocycles. The Morgan fingerprint density at radius 2 is 2.07 bits per heavy atom. The summed E-state index contributed by atoms with van der Waals surface area (Å²) in [5.74, 6) is 0.941. The zero-order chi connectivity index (χ0) is 18.5. The zero-order valence-corrected chi connectivity index (χ0v) is 18.7. The van der Waals surface area contributed by atoms with Gasteiger partial charge in [-0.05, 0) is 31.4 Å². The van der Waals surface area contributed by atoms with E-state index in [1.54, 1.807) is 0 Å². The fourth-order valence-corrected chi connectivity index (χ4v) is 3.87. The van der Waals surface area contributed by atoms with Gasteiger partial charge in [-0.1, -0.05) is 24.3 Å². The monoisotopic (exact) mass is 496 g/mol. The molecule has 3 heterocycles. The lowest BCUT2D eigenvalue weighted by Gasteiger charge is -2.37. The van der Waals surface area contributed by atoms with Gasteiger partial charge in [0.15, 0.2) is 5.96 Å². The molecule has 2 aliphatic rings. The Bertz CT molecular complexity index is 790. The van der Waals surface area contributed by atoms with Crippen LogP contribution in [0.4, 0.5) is 0 Å². The summed E-state index contributed by atoms with van der Waals surface area (Å²) < 4.78 is 11.8. The van der Waals surface area contributed by atoms with Crippen LogP contribution < -0.4 is 5.32 Å². The molecule has 2 aromatic rings. The van der Waals surface area contributed by atoms with Gasteiger partial charge in [0, 0.05) is 37.8 Å². The van der Waals surface area contributed by atoms with Crippen LogP contribution in [0.3, 0.4) is 0 Å². The number of guanidine groups is 1.